The van der Waals surface area contributed by atoms with Gasteiger partial charge in [0, 0.05) is 13.1 Å². The molecule has 0 aliphatic carbocycles. The smallest absolute Gasteiger partial charge is 0.338 e. The summed E-state index contributed by atoms with van der Waals surface area (Å²) in [5, 5.41) is 0. The largest absolute Gasteiger partial charge is 0.452 e. The van der Waals surface area contributed by atoms with Crippen molar-refractivity contribution in [2.45, 2.75) is 46.6 Å². The molecular formula is C21H28N4O5. The number of esters is 1. The Kier molecular flexibility index (Phi) is 7.97. The second-order valence-corrected chi connectivity index (χ2v) is 6.76. The summed E-state index contributed by atoms with van der Waals surface area (Å²) >= 11 is 0. The van der Waals surface area contributed by atoms with Crippen LogP contribution in [0.1, 0.15) is 49.5 Å². The fraction of sp³-hybridized carbons (Fsp3) is 0.429. The minimum Gasteiger partial charge on any atom is -0.452 e. The number of aryl methyl sites for hydroxylation is 1. The Morgan fingerprint density at radius 1 is 1.13 bits per heavy atom. The number of unbranched alkanes of at least 4 members (excludes halogenated alkanes) is 1. The average Bonchev–Trinajstić information content (AvgIpc) is 2.74. The van der Waals surface area contributed by atoms with E-state index < -0.39 is 29.7 Å². The summed E-state index contributed by atoms with van der Waals surface area (Å²) in [5.74, 6) is -1.35. The number of aromatic nitrogens is 2. The molecule has 0 bridgehead atoms. The van der Waals surface area contributed by atoms with Crippen molar-refractivity contribution in [3.63, 3.8) is 0 Å². The number of likely N-dealkylation sites (N-methyl/N-ethyl adjacent to an activating group) is 1. The van der Waals surface area contributed by atoms with Crippen molar-refractivity contribution in [2.75, 3.05) is 23.8 Å². The summed E-state index contributed by atoms with van der Waals surface area (Å²) in [6, 6.07) is 6.90. The van der Waals surface area contributed by atoms with Crippen molar-refractivity contribution in [1.82, 2.24) is 9.55 Å². The lowest BCUT2D eigenvalue weighted by atomic mass is 10.1. The standard InChI is InChI=1S/C21H28N4O5/c1-4-7-12-25-18(22)17(19(27)23-21(25)29)24(6-3)16(26)13-30-20(28)15-10-8-14(5-2)9-11-15/h8-11H,4-7,12-13,22H2,1-3H3,(H,23,27,29). The van der Waals surface area contributed by atoms with E-state index in [2.05, 4.69) is 4.98 Å². The number of nitrogens with two attached hydrogens (primary N) is 1. The number of aromatic amines is 1. The van der Waals surface area contributed by atoms with Crippen LogP contribution in [-0.4, -0.2) is 34.6 Å². The zero-order valence-corrected chi connectivity index (χ0v) is 17.6. The molecule has 1 aromatic carbocycles. The Morgan fingerprint density at radius 3 is 2.37 bits per heavy atom. The Balaban J connectivity index is 2.20. The number of rotatable bonds is 9. The number of benzene rings is 1. The van der Waals surface area contributed by atoms with Gasteiger partial charge in [0.1, 0.15) is 5.82 Å². The zero-order chi connectivity index (χ0) is 22.3. The monoisotopic (exact) mass is 416 g/mol. The highest BCUT2D eigenvalue weighted by molar-refractivity contribution is 5.98. The number of nitrogens with one attached hydrogen (secondary N) is 1. The average molecular weight is 416 g/mol. The van der Waals surface area contributed by atoms with Crippen molar-refractivity contribution in [1.29, 1.82) is 0 Å². The third-order valence-electron chi connectivity index (χ3n) is 4.76. The minimum absolute atomic E-state index is 0.0890. The maximum absolute atomic E-state index is 12.7. The highest BCUT2D eigenvalue weighted by Gasteiger charge is 2.24. The van der Waals surface area contributed by atoms with Crippen LogP contribution < -0.4 is 21.9 Å². The number of hydrogen-bond acceptors (Lipinski definition) is 6. The maximum Gasteiger partial charge on any atom is 0.338 e. The van der Waals surface area contributed by atoms with E-state index >= 15 is 0 Å². The van der Waals surface area contributed by atoms with Crippen LogP contribution in [0.25, 0.3) is 0 Å². The predicted octanol–water partition coefficient (Wildman–Crippen LogP) is 1.69. The van der Waals surface area contributed by atoms with Crippen LogP contribution in [-0.2, 0) is 22.5 Å². The van der Waals surface area contributed by atoms with E-state index in [1.807, 2.05) is 26.0 Å². The molecule has 1 amide bonds. The second kappa shape index (κ2) is 10.4. The van der Waals surface area contributed by atoms with Crippen LogP contribution in [0.4, 0.5) is 11.5 Å². The van der Waals surface area contributed by atoms with E-state index in [9.17, 15) is 19.2 Å². The molecule has 0 saturated carbocycles. The summed E-state index contributed by atoms with van der Waals surface area (Å²) < 4.78 is 6.35. The molecule has 2 aromatic rings. The lowest BCUT2D eigenvalue weighted by Gasteiger charge is -2.23. The predicted molar refractivity (Wildman–Crippen MR) is 115 cm³/mol. The molecule has 9 nitrogen and oxygen atoms in total. The molecule has 162 valence electrons. The lowest BCUT2D eigenvalue weighted by Crippen LogP contribution is -2.42. The molecule has 0 saturated heterocycles. The molecule has 0 aliphatic rings. The highest BCUT2D eigenvalue weighted by atomic mass is 16.5. The first kappa shape index (κ1) is 22.9. The summed E-state index contributed by atoms with van der Waals surface area (Å²) in [4.78, 5) is 52.6. The third-order valence-corrected chi connectivity index (χ3v) is 4.76. The molecule has 1 aromatic heterocycles. The van der Waals surface area contributed by atoms with Gasteiger partial charge in [-0.2, -0.15) is 0 Å². The summed E-state index contributed by atoms with van der Waals surface area (Å²) in [5.41, 5.74) is 5.95. The van der Waals surface area contributed by atoms with E-state index in [1.165, 1.54) is 4.57 Å². The van der Waals surface area contributed by atoms with Gasteiger partial charge in [0.15, 0.2) is 12.3 Å². The summed E-state index contributed by atoms with van der Waals surface area (Å²) in [6.45, 7) is 5.49. The van der Waals surface area contributed by atoms with Crippen LogP contribution in [0.5, 0.6) is 0 Å². The van der Waals surface area contributed by atoms with Gasteiger partial charge in [0.25, 0.3) is 11.5 Å². The molecule has 0 aliphatic heterocycles. The highest BCUT2D eigenvalue weighted by Crippen LogP contribution is 2.17. The van der Waals surface area contributed by atoms with Gasteiger partial charge in [0.2, 0.25) is 0 Å². The first-order valence-electron chi connectivity index (χ1n) is 10.0. The van der Waals surface area contributed by atoms with Crippen LogP contribution >= 0.6 is 0 Å². The number of nitrogens with zero attached hydrogens (tertiary/aromatic N) is 2. The van der Waals surface area contributed by atoms with Gasteiger partial charge >= 0.3 is 11.7 Å². The maximum atomic E-state index is 12.7. The van der Waals surface area contributed by atoms with Crippen LogP contribution in [0.2, 0.25) is 0 Å². The van der Waals surface area contributed by atoms with Gasteiger partial charge in [-0.25, -0.2) is 9.59 Å². The van der Waals surface area contributed by atoms with Gasteiger partial charge in [-0.1, -0.05) is 32.4 Å². The number of carbonyl (C=O) groups is 2. The van der Waals surface area contributed by atoms with E-state index in [-0.39, 0.29) is 18.1 Å². The molecule has 0 radical (unpaired) electrons. The van der Waals surface area contributed by atoms with Gasteiger partial charge in [-0.05, 0) is 37.5 Å². The van der Waals surface area contributed by atoms with Crippen molar-refractivity contribution >= 4 is 23.4 Å². The van der Waals surface area contributed by atoms with E-state index in [0.717, 1.165) is 23.3 Å². The first-order chi connectivity index (χ1) is 14.3. The van der Waals surface area contributed by atoms with Crippen molar-refractivity contribution < 1.29 is 14.3 Å². The molecule has 1 heterocycles. The molecule has 30 heavy (non-hydrogen) atoms. The third kappa shape index (κ3) is 5.16. The van der Waals surface area contributed by atoms with Gasteiger partial charge in [0.05, 0.1) is 5.56 Å². The van der Waals surface area contributed by atoms with Crippen molar-refractivity contribution in [2.24, 2.45) is 0 Å². The molecule has 9 heteroatoms. The number of nitrogen functional groups attached to an aromatic ring is 1. The molecule has 2 rings (SSSR count). The second-order valence-electron chi connectivity index (χ2n) is 6.76. The van der Waals surface area contributed by atoms with Crippen molar-refractivity contribution in [3.8, 4) is 0 Å². The number of ether oxygens (including phenoxy) is 1. The number of hydrogen-bond donors (Lipinski definition) is 2. The minimum atomic E-state index is -0.762. The molecule has 3 N–H and O–H groups in total. The number of amides is 1. The Morgan fingerprint density at radius 2 is 1.80 bits per heavy atom. The fourth-order valence-electron chi connectivity index (χ4n) is 3.00. The van der Waals surface area contributed by atoms with E-state index in [0.29, 0.717) is 18.5 Å². The number of anilines is 2. The molecule has 0 atom stereocenters. The van der Waals surface area contributed by atoms with E-state index in [4.69, 9.17) is 10.5 Å². The Labute approximate surface area is 174 Å². The first-order valence-corrected chi connectivity index (χ1v) is 10.0. The summed E-state index contributed by atoms with van der Waals surface area (Å²) in [6.07, 6.45) is 2.35. The van der Waals surface area contributed by atoms with Gasteiger partial charge in [-0.15, -0.1) is 0 Å². The SMILES string of the molecule is CCCCn1c(N)c(N(CC)C(=O)COC(=O)c2ccc(CC)cc2)c(=O)[nH]c1=O. The quantitative estimate of drug-likeness (QED) is 0.599. The topological polar surface area (TPSA) is 127 Å². The normalized spacial score (nSPS) is 10.6. The Hall–Kier alpha value is -3.36. The number of carbonyl (C=O) groups excluding carboxylic acids is 2. The van der Waals surface area contributed by atoms with Crippen LogP contribution in [0.3, 0.4) is 0 Å². The molecule has 0 unspecified atom stereocenters. The van der Waals surface area contributed by atoms with E-state index in [1.54, 1.807) is 19.1 Å². The lowest BCUT2D eigenvalue weighted by molar-refractivity contribution is -0.121. The van der Waals surface area contributed by atoms with Crippen LogP contribution in [0.15, 0.2) is 33.9 Å². The zero-order valence-electron chi connectivity index (χ0n) is 17.6. The van der Waals surface area contributed by atoms with Crippen molar-refractivity contribution in [3.05, 3.63) is 56.2 Å². The fourth-order valence-corrected chi connectivity index (χ4v) is 3.00. The number of H-pyrrole nitrogens is 1. The molecule has 0 fully saturated rings. The van der Waals surface area contributed by atoms with Gasteiger partial charge in [-0.3, -0.25) is 19.1 Å². The van der Waals surface area contributed by atoms with Gasteiger partial charge < -0.3 is 15.4 Å². The Bertz CT molecular complexity index is 1010. The molecule has 0 spiro atoms. The summed E-state index contributed by atoms with van der Waals surface area (Å²) in [7, 11) is 0. The molecular weight excluding hydrogens is 388 g/mol. The van der Waals surface area contributed by atoms with Crippen LogP contribution in [0, 0.1) is 0 Å².